The molecule has 16 rings (SSSR count). The lowest BCUT2D eigenvalue weighted by Gasteiger charge is -2.29. The smallest absolute Gasteiger partial charge is 0.163 e. The summed E-state index contributed by atoms with van der Waals surface area (Å²) in [5.41, 5.74) is 17.2. The van der Waals surface area contributed by atoms with Gasteiger partial charge in [0, 0.05) is 86.2 Å². The molecule has 0 fully saturated rings. The highest BCUT2D eigenvalue weighted by Crippen LogP contribution is 2.54. The number of nitriles is 1. The Balaban J connectivity index is 1.27. The van der Waals surface area contributed by atoms with Gasteiger partial charge in [0.1, 0.15) is 6.07 Å². The van der Waals surface area contributed by atoms with Crippen LogP contribution >= 0.6 is 0 Å². The van der Waals surface area contributed by atoms with Gasteiger partial charge in [-0.05, 0) is 70.3 Å². The van der Waals surface area contributed by atoms with Crippen molar-refractivity contribution in [2.75, 3.05) is 0 Å². The van der Waals surface area contributed by atoms with E-state index in [-0.39, 0.29) is 0 Å². The van der Waals surface area contributed by atoms with Gasteiger partial charge in [-0.3, -0.25) is 15.0 Å². The molecule has 9 nitrogen and oxygen atoms in total. The summed E-state index contributed by atoms with van der Waals surface area (Å²) >= 11 is 0. The molecule has 0 N–H and O–H groups in total. The van der Waals surface area contributed by atoms with Crippen LogP contribution in [0.2, 0.25) is 0 Å². The van der Waals surface area contributed by atoms with E-state index in [1.165, 1.54) is 0 Å². The minimum Gasteiger partial charge on any atom is -0.306 e. The van der Waals surface area contributed by atoms with E-state index in [0.717, 1.165) is 127 Å². The highest BCUT2D eigenvalue weighted by atomic mass is 15.1. The van der Waals surface area contributed by atoms with Crippen LogP contribution in [0.5, 0.6) is 0 Å². The highest BCUT2D eigenvalue weighted by Gasteiger charge is 2.36. The lowest BCUT2D eigenvalue weighted by atomic mass is 9.81. The monoisotopic (exact) mass is 1060 g/mol. The van der Waals surface area contributed by atoms with Crippen molar-refractivity contribution in [3.8, 4) is 90.4 Å². The number of hydrogen-bond donors (Lipinski definition) is 0. The summed E-state index contributed by atoms with van der Waals surface area (Å²) in [6.07, 6.45) is 11.4. The van der Waals surface area contributed by atoms with E-state index in [1.54, 1.807) is 0 Å². The fourth-order valence-electron chi connectivity index (χ4n) is 12.7. The second-order valence-electron chi connectivity index (χ2n) is 20.7. The molecule has 0 aliphatic rings. The Labute approximate surface area is 476 Å². The van der Waals surface area contributed by atoms with Crippen LogP contribution in [0.1, 0.15) is 5.56 Å². The van der Waals surface area contributed by atoms with Crippen molar-refractivity contribution < 1.29 is 0 Å². The molecule has 0 atom stereocenters. The van der Waals surface area contributed by atoms with Crippen LogP contribution in [-0.2, 0) is 0 Å². The first-order chi connectivity index (χ1) is 41.2. The number of benzene rings is 9. The average Bonchev–Trinajstić information content (AvgIpc) is 2.04. The predicted molar refractivity (Wildman–Crippen MR) is 336 cm³/mol. The Kier molecular flexibility index (Phi) is 11.0. The zero-order chi connectivity index (χ0) is 55.0. The summed E-state index contributed by atoms with van der Waals surface area (Å²) in [5.74, 6) is 0.426. The Morgan fingerprint density at radius 3 is 1.08 bits per heavy atom. The van der Waals surface area contributed by atoms with Gasteiger partial charge in [-0.2, -0.15) is 5.26 Å². The largest absolute Gasteiger partial charge is 0.306 e. The summed E-state index contributed by atoms with van der Waals surface area (Å²) in [6.45, 7) is 0. The van der Waals surface area contributed by atoms with E-state index in [2.05, 4.69) is 208 Å². The Bertz CT molecular complexity index is 4990. The summed E-state index contributed by atoms with van der Waals surface area (Å²) in [6, 6.07) is 85.0. The van der Waals surface area contributed by atoms with E-state index >= 15 is 0 Å². The molecule has 0 radical (unpaired) electrons. The Morgan fingerprint density at radius 2 is 0.663 bits per heavy atom. The van der Waals surface area contributed by atoms with Crippen molar-refractivity contribution in [1.82, 2.24) is 38.6 Å². The molecule has 386 valence electrons. The van der Waals surface area contributed by atoms with Crippen LogP contribution in [0.15, 0.2) is 274 Å². The van der Waals surface area contributed by atoms with E-state index in [0.29, 0.717) is 28.2 Å². The number of aromatic nitrogens is 8. The maximum Gasteiger partial charge on any atom is 0.163 e. The summed E-state index contributed by atoms with van der Waals surface area (Å²) in [4.78, 5) is 26.0. The van der Waals surface area contributed by atoms with Gasteiger partial charge < -0.3 is 13.7 Å². The van der Waals surface area contributed by atoms with Gasteiger partial charge in [-0.1, -0.05) is 194 Å². The first kappa shape index (κ1) is 47.4. The second-order valence-corrected chi connectivity index (χ2v) is 20.7. The molecule has 9 heteroatoms. The third-order valence-corrected chi connectivity index (χ3v) is 16.2. The zero-order valence-electron chi connectivity index (χ0n) is 44.5. The molecule has 0 unspecified atom stereocenters. The summed E-state index contributed by atoms with van der Waals surface area (Å²) < 4.78 is 7.05. The van der Waals surface area contributed by atoms with Gasteiger partial charge in [0.25, 0.3) is 0 Å². The number of para-hydroxylation sites is 3. The van der Waals surface area contributed by atoms with Crippen LogP contribution < -0.4 is 0 Å². The molecular formula is C74H45N9. The SMILES string of the molecule is N#Cc1c(-c2c(-c3ccccc3)cccc2-c2ccccc2)c(-c2nc(-c3ccccc3)cc(-c3ccccc3)n2)c(-n2c3ccccc3c3cnccc32)c(-n2c3ccccc3c3cnccc32)c1-n1c2ccccc2c2cnccc21. The molecule has 0 spiro atoms. The van der Waals surface area contributed by atoms with Gasteiger partial charge in [0.15, 0.2) is 5.82 Å². The van der Waals surface area contributed by atoms with E-state index in [1.807, 2.05) is 85.7 Å². The van der Waals surface area contributed by atoms with E-state index in [9.17, 15) is 5.26 Å². The molecule has 9 aromatic carbocycles. The van der Waals surface area contributed by atoms with E-state index < -0.39 is 0 Å². The van der Waals surface area contributed by atoms with Crippen LogP contribution in [-0.4, -0.2) is 38.6 Å². The molecule has 0 saturated carbocycles. The van der Waals surface area contributed by atoms with Gasteiger partial charge in [0.05, 0.1) is 72.7 Å². The molecular weight excluding hydrogens is 1010 g/mol. The van der Waals surface area contributed by atoms with E-state index in [4.69, 9.17) is 24.9 Å². The number of rotatable bonds is 9. The Morgan fingerprint density at radius 1 is 0.301 bits per heavy atom. The molecule has 7 aromatic heterocycles. The molecule has 7 heterocycles. The topological polar surface area (TPSA) is 103 Å². The van der Waals surface area contributed by atoms with Crippen molar-refractivity contribution in [1.29, 1.82) is 5.26 Å². The Hall–Kier alpha value is -11.6. The first-order valence-corrected chi connectivity index (χ1v) is 27.6. The first-order valence-electron chi connectivity index (χ1n) is 27.6. The van der Waals surface area contributed by atoms with Gasteiger partial charge in [-0.25, -0.2) is 9.97 Å². The second kappa shape index (κ2) is 19.3. The van der Waals surface area contributed by atoms with Crippen LogP contribution in [0.25, 0.3) is 150 Å². The number of pyridine rings is 3. The molecule has 83 heavy (non-hydrogen) atoms. The van der Waals surface area contributed by atoms with Crippen LogP contribution in [0.4, 0.5) is 0 Å². The van der Waals surface area contributed by atoms with Crippen molar-refractivity contribution in [3.63, 3.8) is 0 Å². The molecule has 0 aliphatic carbocycles. The van der Waals surface area contributed by atoms with Gasteiger partial charge in [-0.15, -0.1) is 0 Å². The number of hydrogen-bond acceptors (Lipinski definition) is 6. The number of nitrogens with zero attached hydrogens (tertiary/aromatic N) is 9. The lowest BCUT2D eigenvalue weighted by Crippen LogP contribution is -2.15. The minimum atomic E-state index is 0.413. The molecule has 0 saturated heterocycles. The molecule has 16 aromatic rings. The van der Waals surface area contributed by atoms with Crippen molar-refractivity contribution in [2.24, 2.45) is 0 Å². The van der Waals surface area contributed by atoms with Gasteiger partial charge in [0.2, 0.25) is 0 Å². The number of fused-ring (bicyclic) bond motifs is 9. The van der Waals surface area contributed by atoms with Gasteiger partial charge >= 0.3 is 0 Å². The predicted octanol–water partition coefficient (Wildman–Crippen LogP) is 17.8. The summed E-state index contributed by atoms with van der Waals surface area (Å²) in [5, 5.41) is 19.0. The average molecular weight is 1060 g/mol. The van der Waals surface area contributed by atoms with Crippen molar-refractivity contribution in [3.05, 3.63) is 279 Å². The lowest BCUT2D eigenvalue weighted by molar-refractivity contribution is 1.04. The third-order valence-electron chi connectivity index (χ3n) is 16.2. The summed E-state index contributed by atoms with van der Waals surface area (Å²) in [7, 11) is 0. The fourth-order valence-corrected chi connectivity index (χ4v) is 12.7. The molecule has 0 bridgehead atoms. The van der Waals surface area contributed by atoms with Crippen LogP contribution in [0.3, 0.4) is 0 Å². The van der Waals surface area contributed by atoms with Crippen molar-refractivity contribution >= 4 is 65.4 Å². The normalized spacial score (nSPS) is 11.6. The van der Waals surface area contributed by atoms with Crippen molar-refractivity contribution in [2.45, 2.75) is 0 Å². The van der Waals surface area contributed by atoms with Crippen LogP contribution in [0, 0.1) is 11.3 Å². The molecule has 0 aliphatic heterocycles. The molecule has 0 amide bonds. The fraction of sp³-hybridized carbons (Fsp3) is 0. The highest BCUT2D eigenvalue weighted by molar-refractivity contribution is 6.17. The minimum absolute atomic E-state index is 0.413. The maximum atomic E-state index is 13.1. The quantitative estimate of drug-likeness (QED) is 0.143. The maximum absolute atomic E-state index is 13.1. The standard InChI is InChI=1S/C74H45N9/c75-43-56-69(68-51(47-20-5-1-6-21-47)31-19-32-52(68)48-22-7-2-8-23-48)70(74-79-60(49-24-9-3-10-25-49)42-61(80-74)50-26-11-4-12-27-50)72(82-63-34-17-14-29-54(63)58-45-77-40-37-66(58)82)73(83-64-35-18-15-30-55(64)59-46-78-41-38-67(59)83)71(56)81-62-33-16-13-28-53(62)57-44-76-39-36-65(57)81/h1-42,44-46H. The third kappa shape index (κ3) is 7.44. The zero-order valence-corrected chi connectivity index (χ0v) is 44.5.